The highest BCUT2D eigenvalue weighted by atomic mass is 14.0. The second-order valence-corrected chi connectivity index (χ2v) is 3.55. The van der Waals surface area contributed by atoms with Crippen molar-refractivity contribution >= 4 is 0 Å². The van der Waals surface area contributed by atoms with E-state index in [9.17, 15) is 0 Å². The summed E-state index contributed by atoms with van der Waals surface area (Å²) < 4.78 is 0. The largest absolute Gasteiger partial charge is 0.103 e. The Morgan fingerprint density at radius 1 is 0.846 bits per heavy atom. The highest BCUT2D eigenvalue weighted by Gasteiger charge is 1.89. The van der Waals surface area contributed by atoms with E-state index in [1.165, 1.54) is 57.8 Å². The maximum Gasteiger partial charge on any atom is -0.0353 e. The zero-order valence-electron chi connectivity index (χ0n) is 8.65. The monoisotopic (exact) mass is 184 g/mol. The first-order valence-corrected chi connectivity index (χ1v) is 5.52. The van der Waals surface area contributed by atoms with Crippen molar-refractivity contribution in [2.75, 3.05) is 0 Å². The van der Waals surface area contributed by atoms with Gasteiger partial charge in [-0.15, -0.1) is 6.58 Å². The Kier molecular flexibility index (Phi) is 16.7. The summed E-state index contributed by atoms with van der Waals surface area (Å²) >= 11 is 0. The van der Waals surface area contributed by atoms with Crippen LogP contribution in [0.2, 0.25) is 0 Å². The smallest absolute Gasteiger partial charge is 0.0353 e. The van der Waals surface area contributed by atoms with E-state index in [4.69, 9.17) is 0 Å². The lowest BCUT2D eigenvalue weighted by Crippen LogP contribution is -1.79. The van der Waals surface area contributed by atoms with Crippen molar-refractivity contribution in [1.82, 2.24) is 0 Å². The van der Waals surface area contributed by atoms with Crippen LogP contribution in [0.15, 0.2) is 12.7 Å². The SMILES string of the molecule is C.C=CCCCCCCCCCC. The van der Waals surface area contributed by atoms with Gasteiger partial charge in [-0.2, -0.15) is 0 Å². The first-order chi connectivity index (χ1) is 5.91. The van der Waals surface area contributed by atoms with Crippen LogP contribution in [0.25, 0.3) is 0 Å². The van der Waals surface area contributed by atoms with Crippen molar-refractivity contribution in [2.24, 2.45) is 0 Å². The second kappa shape index (κ2) is 14.3. The van der Waals surface area contributed by atoms with Crippen LogP contribution in [-0.4, -0.2) is 0 Å². The molecule has 0 nitrogen and oxygen atoms in total. The zero-order valence-corrected chi connectivity index (χ0v) is 8.65. The summed E-state index contributed by atoms with van der Waals surface area (Å²) in [5, 5.41) is 0. The van der Waals surface area contributed by atoms with E-state index in [-0.39, 0.29) is 7.43 Å². The molecule has 80 valence electrons. The molecule has 0 heterocycles. The summed E-state index contributed by atoms with van der Waals surface area (Å²) in [6.45, 7) is 5.99. The van der Waals surface area contributed by atoms with Crippen LogP contribution in [0, 0.1) is 0 Å². The maximum absolute atomic E-state index is 3.72. The summed E-state index contributed by atoms with van der Waals surface area (Å²) in [5.74, 6) is 0. The van der Waals surface area contributed by atoms with Crippen LogP contribution in [-0.2, 0) is 0 Å². The van der Waals surface area contributed by atoms with Crippen LogP contribution >= 0.6 is 0 Å². The molecule has 0 aliphatic carbocycles. The standard InChI is InChI=1S/C12H24.CH4/c1-3-5-7-9-11-12-10-8-6-4-2;/h3H,1,4-12H2,2H3;1H4. The molecule has 0 atom stereocenters. The molecule has 0 saturated heterocycles. The number of unbranched alkanes of at least 4 members (excludes halogenated alkanes) is 8. The highest BCUT2D eigenvalue weighted by Crippen LogP contribution is 2.09. The lowest BCUT2D eigenvalue weighted by Gasteiger charge is -1.99. The fourth-order valence-electron chi connectivity index (χ4n) is 1.42. The molecular weight excluding hydrogens is 156 g/mol. The van der Waals surface area contributed by atoms with Gasteiger partial charge in [0.25, 0.3) is 0 Å². The van der Waals surface area contributed by atoms with Crippen molar-refractivity contribution < 1.29 is 0 Å². The maximum atomic E-state index is 3.72. The highest BCUT2D eigenvalue weighted by molar-refractivity contribution is 4.65. The molecular formula is C13H28. The van der Waals surface area contributed by atoms with Gasteiger partial charge in [0.2, 0.25) is 0 Å². The molecule has 0 N–H and O–H groups in total. The van der Waals surface area contributed by atoms with Crippen LogP contribution in [0.3, 0.4) is 0 Å². The molecule has 0 bridgehead atoms. The quantitative estimate of drug-likeness (QED) is 0.335. The van der Waals surface area contributed by atoms with Crippen LogP contribution in [0.1, 0.15) is 72.1 Å². The molecule has 0 saturated carbocycles. The summed E-state index contributed by atoms with van der Waals surface area (Å²) in [6.07, 6.45) is 14.5. The van der Waals surface area contributed by atoms with Gasteiger partial charge in [-0.3, -0.25) is 0 Å². The summed E-state index contributed by atoms with van der Waals surface area (Å²) in [5.41, 5.74) is 0. The van der Waals surface area contributed by atoms with Crippen LogP contribution < -0.4 is 0 Å². The van der Waals surface area contributed by atoms with Gasteiger partial charge in [0.05, 0.1) is 0 Å². The molecule has 13 heavy (non-hydrogen) atoms. The lowest BCUT2D eigenvalue weighted by atomic mass is 10.1. The van der Waals surface area contributed by atoms with Gasteiger partial charge in [0, 0.05) is 0 Å². The van der Waals surface area contributed by atoms with E-state index >= 15 is 0 Å². The van der Waals surface area contributed by atoms with E-state index in [0.29, 0.717) is 0 Å². The average Bonchev–Trinajstić information content (AvgIpc) is 2.10. The molecule has 0 aromatic heterocycles. The molecule has 0 heteroatoms. The summed E-state index contributed by atoms with van der Waals surface area (Å²) in [7, 11) is 0. The topological polar surface area (TPSA) is 0 Å². The van der Waals surface area contributed by atoms with Gasteiger partial charge in [0.15, 0.2) is 0 Å². The Morgan fingerprint density at radius 2 is 1.31 bits per heavy atom. The Hall–Kier alpha value is -0.260. The first kappa shape index (κ1) is 15.2. The van der Waals surface area contributed by atoms with E-state index in [1.807, 2.05) is 6.08 Å². The third-order valence-electron chi connectivity index (χ3n) is 2.26. The Labute approximate surface area is 85.4 Å². The number of hydrogen-bond donors (Lipinski definition) is 0. The van der Waals surface area contributed by atoms with E-state index in [0.717, 1.165) is 0 Å². The zero-order chi connectivity index (χ0) is 9.07. The molecule has 0 unspecified atom stereocenters. The third kappa shape index (κ3) is 14.6. The summed E-state index contributed by atoms with van der Waals surface area (Å²) in [6, 6.07) is 0. The molecule has 0 radical (unpaired) electrons. The van der Waals surface area contributed by atoms with E-state index < -0.39 is 0 Å². The third-order valence-corrected chi connectivity index (χ3v) is 2.26. The summed E-state index contributed by atoms with van der Waals surface area (Å²) in [4.78, 5) is 0. The molecule has 0 fully saturated rings. The minimum absolute atomic E-state index is 0. The Balaban J connectivity index is 0. The van der Waals surface area contributed by atoms with Crippen molar-refractivity contribution in [1.29, 1.82) is 0 Å². The Bertz CT molecular complexity index is 84.0. The van der Waals surface area contributed by atoms with Gasteiger partial charge < -0.3 is 0 Å². The molecule has 0 aliphatic rings. The van der Waals surface area contributed by atoms with E-state index in [2.05, 4.69) is 13.5 Å². The predicted octanol–water partition coefficient (Wildman–Crippen LogP) is 5.34. The fourth-order valence-corrected chi connectivity index (χ4v) is 1.42. The minimum atomic E-state index is 0. The molecule has 0 rings (SSSR count). The normalized spacial score (nSPS) is 9.31. The Morgan fingerprint density at radius 3 is 1.77 bits per heavy atom. The van der Waals surface area contributed by atoms with Gasteiger partial charge in [-0.1, -0.05) is 65.4 Å². The number of allylic oxidation sites excluding steroid dienone is 1. The average molecular weight is 184 g/mol. The van der Waals surface area contributed by atoms with Gasteiger partial charge in [-0.25, -0.2) is 0 Å². The fraction of sp³-hybridized carbons (Fsp3) is 0.846. The van der Waals surface area contributed by atoms with Crippen LogP contribution in [0.4, 0.5) is 0 Å². The second-order valence-electron chi connectivity index (χ2n) is 3.55. The molecule has 0 aliphatic heterocycles. The molecule has 0 spiro atoms. The first-order valence-electron chi connectivity index (χ1n) is 5.52. The van der Waals surface area contributed by atoms with Crippen molar-refractivity contribution in [2.45, 2.75) is 72.1 Å². The predicted molar refractivity (Wildman–Crippen MR) is 64.2 cm³/mol. The van der Waals surface area contributed by atoms with Gasteiger partial charge in [-0.05, 0) is 12.8 Å². The number of rotatable bonds is 9. The molecule has 0 amide bonds. The lowest BCUT2D eigenvalue weighted by molar-refractivity contribution is 0.578. The molecule has 0 aromatic rings. The van der Waals surface area contributed by atoms with Crippen molar-refractivity contribution in [3.05, 3.63) is 12.7 Å². The van der Waals surface area contributed by atoms with Gasteiger partial charge in [0.1, 0.15) is 0 Å². The van der Waals surface area contributed by atoms with Crippen molar-refractivity contribution in [3.63, 3.8) is 0 Å². The van der Waals surface area contributed by atoms with Gasteiger partial charge >= 0.3 is 0 Å². The van der Waals surface area contributed by atoms with E-state index in [1.54, 1.807) is 0 Å². The number of hydrogen-bond acceptors (Lipinski definition) is 0. The van der Waals surface area contributed by atoms with Crippen LogP contribution in [0.5, 0.6) is 0 Å². The van der Waals surface area contributed by atoms with Crippen molar-refractivity contribution in [3.8, 4) is 0 Å². The minimum Gasteiger partial charge on any atom is -0.103 e. The molecule has 0 aromatic carbocycles.